The second kappa shape index (κ2) is 8.51. The van der Waals surface area contributed by atoms with Crippen LogP contribution in [0.3, 0.4) is 0 Å². The number of hydrogen-bond donors (Lipinski definition) is 1. The molecule has 0 fully saturated rings. The van der Waals surface area contributed by atoms with Crippen molar-refractivity contribution >= 4 is 15.9 Å². The minimum absolute atomic E-state index is 0.503. The van der Waals surface area contributed by atoms with Crippen LogP contribution in [0.15, 0.2) is 22.7 Å². The van der Waals surface area contributed by atoms with E-state index in [-0.39, 0.29) is 0 Å². The van der Waals surface area contributed by atoms with Crippen LogP contribution >= 0.6 is 15.9 Å². The molecule has 0 bridgehead atoms. The first-order chi connectivity index (χ1) is 8.63. The molecule has 0 aliphatic rings. The first-order valence-corrected chi connectivity index (χ1v) is 7.11. The number of halogens is 1. The fourth-order valence-corrected chi connectivity index (χ4v) is 1.85. The Morgan fingerprint density at radius 1 is 1.22 bits per heavy atom. The van der Waals surface area contributed by atoms with Crippen LogP contribution in [0.2, 0.25) is 0 Å². The first kappa shape index (κ1) is 15.5. The van der Waals surface area contributed by atoms with Gasteiger partial charge in [0, 0.05) is 17.6 Å². The van der Waals surface area contributed by atoms with Crippen LogP contribution in [0.25, 0.3) is 0 Å². The van der Waals surface area contributed by atoms with E-state index in [1.165, 1.54) is 0 Å². The third kappa shape index (κ3) is 5.85. The molecule has 0 amide bonds. The van der Waals surface area contributed by atoms with Gasteiger partial charge in [-0.25, -0.2) is 0 Å². The molecule has 102 valence electrons. The second-order valence-corrected chi connectivity index (χ2v) is 5.46. The van der Waals surface area contributed by atoms with E-state index in [9.17, 15) is 0 Å². The predicted molar refractivity (Wildman–Crippen MR) is 77.8 cm³/mol. The van der Waals surface area contributed by atoms with Crippen LogP contribution in [-0.4, -0.2) is 19.8 Å². The molecule has 0 heterocycles. The molecule has 4 heteroatoms. The summed E-state index contributed by atoms with van der Waals surface area (Å²) in [7, 11) is 0. The first-order valence-electron chi connectivity index (χ1n) is 6.32. The van der Waals surface area contributed by atoms with Gasteiger partial charge in [-0.1, -0.05) is 29.8 Å². The van der Waals surface area contributed by atoms with Gasteiger partial charge in [-0.05, 0) is 36.1 Å². The molecule has 1 rings (SSSR count). The summed E-state index contributed by atoms with van der Waals surface area (Å²) >= 11 is 3.45. The lowest BCUT2D eigenvalue weighted by atomic mass is 10.1. The molecule has 0 aliphatic carbocycles. The molecule has 2 N–H and O–H groups in total. The molecule has 18 heavy (non-hydrogen) atoms. The smallest absolute Gasteiger partial charge is 0.119 e. The molecule has 0 saturated carbocycles. The van der Waals surface area contributed by atoms with Crippen molar-refractivity contribution in [3.05, 3.63) is 28.2 Å². The van der Waals surface area contributed by atoms with E-state index in [1.807, 2.05) is 18.2 Å². The summed E-state index contributed by atoms with van der Waals surface area (Å²) in [5.41, 5.74) is 6.68. The summed E-state index contributed by atoms with van der Waals surface area (Å²) in [5.74, 6) is 1.52. The van der Waals surface area contributed by atoms with Gasteiger partial charge in [-0.2, -0.15) is 0 Å². The van der Waals surface area contributed by atoms with E-state index in [1.54, 1.807) is 0 Å². The molecule has 0 aliphatic heterocycles. The molecule has 0 saturated heterocycles. The average Bonchev–Trinajstić information content (AvgIpc) is 2.35. The fraction of sp³-hybridized carbons (Fsp3) is 0.571. The summed E-state index contributed by atoms with van der Waals surface area (Å²) in [6.07, 6.45) is 1.09. The van der Waals surface area contributed by atoms with Crippen molar-refractivity contribution in [2.75, 3.05) is 19.8 Å². The Kier molecular flexibility index (Phi) is 7.32. The number of ether oxygens (including phenoxy) is 2. The van der Waals surface area contributed by atoms with Crippen molar-refractivity contribution in [3.8, 4) is 5.75 Å². The van der Waals surface area contributed by atoms with Crippen molar-refractivity contribution in [2.45, 2.75) is 26.8 Å². The molecule has 0 spiro atoms. The predicted octanol–water partition coefficient (Wildman–Crippen LogP) is 3.35. The van der Waals surface area contributed by atoms with E-state index < -0.39 is 0 Å². The van der Waals surface area contributed by atoms with E-state index in [0.29, 0.717) is 25.7 Å². The highest BCUT2D eigenvalue weighted by atomic mass is 79.9. The maximum absolute atomic E-state index is 5.63. The summed E-state index contributed by atoms with van der Waals surface area (Å²) < 4.78 is 12.1. The van der Waals surface area contributed by atoms with Crippen molar-refractivity contribution in [3.63, 3.8) is 0 Å². The highest BCUT2D eigenvalue weighted by molar-refractivity contribution is 9.10. The third-order valence-corrected chi connectivity index (χ3v) is 3.35. The van der Waals surface area contributed by atoms with Gasteiger partial charge in [-0.3, -0.25) is 0 Å². The molecule has 0 aromatic heterocycles. The van der Waals surface area contributed by atoms with Gasteiger partial charge < -0.3 is 15.2 Å². The van der Waals surface area contributed by atoms with Gasteiger partial charge in [0.2, 0.25) is 0 Å². The average molecular weight is 316 g/mol. The highest BCUT2D eigenvalue weighted by Gasteiger charge is 2.01. The van der Waals surface area contributed by atoms with Gasteiger partial charge in [0.1, 0.15) is 12.4 Å². The third-order valence-electron chi connectivity index (χ3n) is 2.57. The van der Waals surface area contributed by atoms with Gasteiger partial charge in [0.25, 0.3) is 0 Å². The Morgan fingerprint density at radius 3 is 2.67 bits per heavy atom. The van der Waals surface area contributed by atoms with Gasteiger partial charge in [-0.15, -0.1) is 0 Å². The Balaban J connectivity index is 2.23. The van der Waals surface area contributed by atoms with Crippen LogP contribution < -0.4 is 10.5 Å². The lowest BCUT2D eigenvalue weighted by molar-refractivity contribution is 0.0925. The van der Waals surface area contributed by atoms with Gasteiger partial charge in [0.05, 0.1) is 6.61 Å². The lowest BCUT2D eigenvalue weighted by Crippen LogP contribution is -2.09. The minimum atomic E-state index is 0.503. The zero-order valence-electron chi connectivity index (χ0n) is 11.1. The Labute approximate surface area is 118 Å². The Hall–Kier alpha value is -0.580. The lowest BCUT2D eigenvalue weighted by Gasteiger charge is -2.10. The monoisotopic (exact) mass is 315 g/mol. The van der Waals surface area contributed by atoms with Crippen LogP contribution in [-0.2, 0) is 11.3 Å². The molecule has 1 aromatic carbocycles. The maximum atomic E-state index is 5.63. The van der Waals surface area contributed by atoms with Crippen molar-refractivity contribution in [1.29, 1.82) is 0 Å². The summed E-state index contributed by atoms with van der Waals surface area (Å²) in [4.78, 5) is 0. The van der Waals surface area contributed by atoms with E-state index in [2.05, 4.69) is 29.8 Å². The van der Waals surface area contributed by atoms with Crippen LogP contribution in [0.4, 0.5) is 0 Å². The Morgan fingerprint density at radius 2 is 2.00 bits per heavy atom. The van der Waals surface area contributed by atoms with Gasteiger partial charge in [0.15, 0.2) is 0 Å². The minimum Gasteiger partial charge on any atom is -0.491 e. The van der Waals surface area contributed by atoms with Crippen LogP contribution in [0.1, 0.15) is 25.8 Å². The number of hydrogen-bond acceptors (Lipinski definition) is 3. The standard InChI is InChI=1S/C14H22BrNO2/c1-11(2)5-6-17-7-8-18-13-3-4-14(15)12(9-13)10-16/h3-4,9,11H,5-8,10,16H2,1-2H3. The molecule has 0 unspecified atom stereocenters. The van der Waals surface area contributed by atoms with Crippen molar-refractivity contribution < 1.29 is 9.47 Å². The van der Waals surface area contributed by atoms with Crippen molar-refractivity contribution in [2.24, 2.45) is 11.7 Å². The zero-order valence-corrected chi connectivity index (χ0v) is 12.7. The van der Waals surface area contributed by atoms with Gasteiger partial charge >= 0.3 is 0 Å². The summed E-state index contributed by atoms with van der Waals surface area (Å²) in [6.45, 7) is 6.88. The maximum Gasteiger partial charge on any atom is 0.119 e. The largest absolute Gasteiger partial charge is 0.491 e. The number of nitrogens with two attached hydrogens (primary N) is 1. The number of benzene rings is 1. The molecule has 0 atom stereocenters. The van der Waals surface area contributed by atoms with E-state index >= 15 is 0 Å². The highest BCUT2D eigenvalue weighted by Crippen LogP contribution is 2.22. The molecule has 1 aromatic rings. The fourth-order valence-electron chi connectivity index (χ4n) is 1.44. The summed E-state index contributed by atoms with van der Waals surface area (Å²) in [5, 5.41) is 0. The number of rotatable bonds is 8. The van der Waals surface area contributed by atoms with Crippen LogP contribution in [0.5, 0.6) is 5.75 Å². The Bertz CT molecular complexity index is 356. The molecule has 0 radical (unpaired) electrons. The zero-order chi connectivity index (χ0) is 13.4. The second-order valence-electron chi connectivity index (χ2n) is 4.60. The quantitative estimate of drug-likeness (QED) is 0.748. The van der Waals surface area contributed by atoms with E-state index in [4.69, 9.17) is 15.2 Å². The molecule has 3 nitrogen and oxygen atoms in total. The van der Waals surface area contributed by atoms with Crippen molar-refractivity contribution in [1.82, 2.24) is 0 Å². The summed E-state index contributed by atoms with van der Waals surface area (Å²) in [6, 6.07) is 5.84. The van der Waals surface area contributed by atoms with E-state index in [0.717, 1.165) is 28.8 Å². The topological polar surface area (TPSA) is 44.5 Å². The molecular formula is C14H22BrNO2. The molecular weight excluding hydrogens is 294 g/mol. The SMILES string of the molecule is CC(C)CCOCCOc1ccc(Br)c(CN)c1. The van der Waals surface area contributed by atoms with Crippen LogP contribution in [0, 0.1) is 5.92 Å². The normalized spacial score (nSPS) is 10.9.